The normalized spacial score (nSPS) is 13.3. The molecule has 0 spiro atoms. The molecule has 1 aliphatic rings. The van der Waals surface area contributed by atoms with Gasteiger partial charge < -0.3 is 105 Å². The first kappa shape index (κ1) is 86.4. The van der Waals surface area contributed by atoms with Gasteiger partial charge in [-0.3, -0.25) is 14.4 Å². The van der Waals surface area contributed by atoms with E-state index in [2.05, 4.69) is 47.9 Å². The Labute approximate surface area is 647 Å². The minimum atomic E-state index is -1.15. The fraction of sp³-hybridized carbons (Fsp3) is 0.444. The second-order valence-corrected chi connectivity index (χ2v) is 29.1. The maximum atomic E-state index is 13.5. The summed E-state index contributed by atoms with van der Waals surface area (Å²) in [6.45, 7) is 19.3. The molecular weight excluding hydrogens is 1430 g/mol. The molecule has 0 bridgehead atoms. The molecule has 0 heterocycles. The molecule has 0 aromatic heterocycles. The van der Waals surface area contributed by atoms with Crippen molar-refractivity contribution in [1.82, 2.24) is 47.9 Å². The second kappa shape index (κ2) is 41.1. The van der Waals surface area contributed by atoms with Gasteiger partial charge in [0.2, 0.25) is 17.7 Å². The average molecular weight is 1540 g/mol. The van der Waals surface area contributed by atoms with Crippen molar-refractivity contribution in [3.63, 3.8) is 0 Å². The van der Waals surface area contributed by atoms with Gasteiger partial charge in [-0.1, -0.05) is 91.0 Å². The topological polar surface area (TPSA) is 373 Å². The van der Waals surface area contributed by atoms with E-state index in [0.717, 1.165) is 50.1 Å². The number of amides is 9. The van der Waals surface area contributed by atoms with Crippen LogP contribution in [0.15, 0.2) is 127 Å². The van der Waals surface area contributed by atoms with Crippen LogP contribution in [0.2, 0.25) is 0 Å². The maximum Gasteiger partial charge on any atom is 0.409 e. The number of benzene rings is 6. The zero-order valence-electron chi connectivity index (χ0n) is 65.6. The third kappa shape index (κ3) is 29.9. The Balaban J connectivity index is 1.10. The van der Waals surface area contributed by atoms with E-state index in [0.29, 0.717) is 53.8 Å². The van der Waals surface area contributed by atoms with Gasteiger partial charge >= 0.3 is 36.6 Å². The van der Waals surface area contributed by atoms with Crippen molar-refractivity contribution < 1.29 is 100.0 Å². The molecule has 0 unspecified atom stereocenters. The second-order valence-electron chi connectivity index (χ2n) is 29.1. The van der Waals surface area contributed by atoms with Crippen molar-refractivity contribution in [2.75, 3.05) is 60.8 Å². The van der Waals surface area contributed by atoms with Gasteiger partial charge in [0, 0.05) is 19.3 Å². The predicted octanol–water partition coefficient (Wildman–Crippen LogP) is 9.91. The number of carbonyl (C=O) groups excluding carboxylic acids is 9. The van der Waals surface area contributed by atoms with Crippen LogP contribution in [-0.2, 0) is 81.3 Å². The van der Waals surface area contributed by atoms with E-state index in [1.54, 1.807) is 62.3 Å². The van der Waals surface area contributed by atoms with Crippen LogP contribution in [0.25, 0.3) is 0 Å². The van der Waals surface area contributed by atoms with E-state index >= 15 is 0 Å². The summed E-state index contributed by atoms with van der Waals surface area (Å²) in [4.78, 5) is 118. The van der Waals surface area contributed by atoms with Gasteiger partial charge in [-0.25, -0.2) is 28.8 Å². The number of hydrogen-bond donors (Lipinski definition) is 9. The first-order valence-electron chi connectivity index (χ1n) is 36.4. The van der Waals surface area contributed by atoms with Gasteiger partial charge in [0.05, 0.1) is 41.0 Å². The van der Waals surface area contributed by atoms with E-state index in [1.807, 2.05) is 127 Å². The summed E-state index contributed by atoms with van der Waals surface area (Å²) in [6, 6.07) is 35.3. The molecule has 6 aromatic rings. The summed E-state index contributed by atoms with van der Waals surface area (Å²) >= 11 is 0. The van der Waals surface area contributed by atoms with Gasteiger partial charge in [0.1, 0.15) is 54.7 Å². The fourth-order valence-electron chi connectivity index (χ4n) is 11.2. The van der Waals surface area contributed by atoms with Crippen molar-refractivity contribution in [1.29, 1.82) is 0 Å². The van der Waals surface area contributed by atoms with Crippen LogP contribution in [0.1, 0.15) is 133 Å². The lowest BCUT2D eigenvalue weighted by Gasteiger charge is -2.24. The smallest absolute Gasteiger partial charge is 0.409 e. The highest BCUT2D eigenvalue weighted by Gasteiger charge is 2.30. The summed E-state index contributed by atoms with van der Waals surface area (Å²) < 4.78 is 70.3. The zero-order valence-corrected chi connectivity index (χ0v) is 65.6. The SMILES string of the molecule is COc1cc2c(cc1OCCNC(=O)O[C@@H](Cc1ccccc1)NC(=O)[C@H](C)NC(=O)OC(C)(C)C)Cc1cc(OC)c(OCCNC(=O)O[C@@H](Cc3ccccc3)NC(=O)[C@H](C)NC(=O)OC(C)(C)C)cc1Cc1cc(OC)c(OCCNC(=O)O[C@@H](Cc3ccccc3)NC(=O)[C@H](C)NC(=O)OC(C)(C)C)cc1C2. The summed E-state index contributed by atoms with van der Waals surface area (Å²) in [5.74, 6) is 0.260. The summed E-state index contributed by atoms with van der Waals surface area (Å²) in [5.41, 5.74) is 4.79. The zero-order chi connectivity index (χ0) is 81.0. The first-order chi connectivity index (χ1) is 52.6. The molecular formula is C81H105N9O21. The number of hydrogen-bond acceptors (Lipinski definition) is 21. The largest absolute Gasteiger partial charge is 0.493 e. The van der Waals surface area contributed by atoms with Gasteiger partial charge in [-0.05, 0) is 189 Å². The maximum absolute atomic E-state index is 13.5. The van der Waals surface area contributed by atoms with Crippen LogP contribution in [0.3, 0.4) is 0 Å². The van der Waals surface area contributed by atoms with Crippen LogP contribution in [0.4, 0.5) is 28.8 Å². The molecule has 0 saturated heterocycles. The molecule has 1 aliphatic carbocycles. The lowest BCUT2D eigenvalue weighted by atomic mass is 9.94. The van der Waals surface area contributed by atoms with Crippen molar-refractivity contribution >= 4 is 54.3 Å². The van der Waals surface area contributed by atoms with Gasteiger partial charge in [0.15, 0.2) is 53.2 Å². The van der Waals surface area contributed by atoms with E-state index in [1.165, 1.54) is 42.1 Å². The Kier molecular flexibility index (Phi) is 32.0. The summed E-state index contributed by atoms with van der Waals surface area (Å²) in [6.07, 6.45) is -7.13. The van der Waals surface area contributed by atoms with Gasteiger partial charge in [0.25, 0.3) is 0 Å². The molecule has 600 valence electrons. The molecule has 6 atom stereocenters. The molecule has 0 saturated carbocycles. The van der Waals surface area contributed by atoms with E-state index in [9.17, 15) is 43.2 Å². The highest BCUT2D eigenvalue weighted by molar-refractivity contribution is 5.87. The lowest BCUT2D eigenvalue weighted by Crippen LogP contribution is -2.51. The molecule has 0 fully saturated rings. The lowest BCUT2D eigenvalue weighted by molar-refractivity contribution is -0.126. The molecule has 0 radical (unpaired) electrons. The first-order valence-corrected chi connectivity index (χ1v) is 36.4. The highest BCUT2D eigenvalue weighted by Crippen LogP contribution is 2.41. The molecule has 0 aliphatic heterocycles. The number of rotatable bonds is 33. The van der Waals surface area contributed by atoms with Crippen molar-refractivity contribution in [3.05, 3.63) is 177 Å². The molecule has 9 amide bonds. The van der Waals surface area contributed by atoms with Crippen molar-refractivity contribution in [2.45, 2.75) is 175 Å². The third-order valence-electron chi connectivity index (χ3n) is 16.3. The number of ether oxygens (including phenoxy) is 12. The Morgan fingerprint density at radius 3 is 0.766 bits per heavy atom. The van der Waals surface area contributed by atoms with Crippen LogP contribution < -0.4 is 76.3 Å². The molecule has 111 heavy (non-hydrogen) atoms. The van der Waals surface area contributed by atoms with E-state index in [4.69, 9.17) is 56.8 Å². The number of methoxy groups -OCH3 is 3. The van der Waals surface area contributed by atoms with Crippen molar-refractivity contribution in [2.24, 2.45) is 0 Å². The number of fused-ring (bicyclic) bond motifs is 3. The molecule has 30 heteroatoms. The minimum absolute atomic E-state index is 0.0537. The average Bonchev–Trinajstić information content (AvgIpc) is 1.71. The quantitative estimate of drug-likeness (QED) is 0.0105. The third-order valence-corrected chi connectivity index (χ3v) is 16.3. The summed E-state index contributed by atoms with van der Waals surface area (Å²) in [5, 5.41) is 23.7. The Hall–Kier alpha value is -11.9. The Bertz CT molecular complexity index is 3710. The molecule has 7 rings (SSSR count). The number of nitrogens with one attached hydrogen (secondary N) is 9. The molecule has 30 nitrogen and oxygen atoms in total. The minimum Gasteiger partial charge on any atom is -0.493 e. The fourth-order valence-corrected chi connectivity index (χ4v) is 11.2. The van der Waals surface area contributed by atoms with Crippen LogP contribution in [0.5, 0.6) is 34.5 Å². The molecule has 6 aromatic carbocycles. The van der Waals surface area contributed by atoms with Crippen LogP contribution in [-0.4, -0.2) is 169 Å². The predicted molar refractivity (Wildman–Crippen MR) is 410 cm³/mol. The van der Waals surface area contributed by atoms with Gasteiger partial charge in [-0.15, -0.1) is 0 Å². The Morgan fingerprint density at radius 2 is 0.550 bits per heavy atom. The number of carbonyl (C=O) groups is 9. The number of alkyl carbamates (subject to hydrolysis) is 6. The Morgan fingerprint density at radius 1 is 0.324 bits per heavy atom. The van der Waals surface area contributed by atoms with E-state index < -0.39 is 108 Å². The monoisotopic (exact) mass is 1540 g/mol. The van der Waals surface area contributed by atoms with Gasteiger partial charge in [-0.2, -0.15) is 0 Å². The van der Waals surface area contributed by atoms with Crippen LogP contribution >= 0.6 is 0 Å². The standard InChI is InChI=1S/C81H105N9O21/c1-49(85-76(97)109-79(4,5)6)70(91)88-67(37-52-25-19-16-20-26-52)106-73(94)82-31-34-103-64-46-58-40-56-44-62(101-14)66(105-36-33-84-75(96)108-69(39-54-29-23-18-24-30-54)90-72(93)51(3)87-78(99)111-81(10,11)12)48-60(56)42-57-45-63(102-15)65(47-59(57)41-55(58)43-61(64)100-13)104-35-32-83-74(95)107-68(38-53-27-21-17-22-28-53)89-71(92)50(2)86-77(98)110-80(7,8)9/h16-30,43-51,67-69H,31-42H2,1-15H3,(H,82,94)(H,83,95)(H,84,96)(H,85,97)(H,86,98)(H,87,99)(H,88,91)(H,89,92)(H,90,93)/t49-,50-,51-,67-,68-,69-/m0/s1. The van der Waals surface area contributed by atoms with Crippen LogP contribution in [0, 0.1) is 0 Å². The highest BCUT2D eigenvalue weighted by atomic mass is 16.6. The van der Waals surface area contributed by atoms with E-state index in [-0.39, 0.29) is 58.7 Å². The molecule has 9 N–H and O–H groups in total. The summed E-state index contributed by atoms with van der Waals surface area (Å²) in [7, 11) is 4.52. The van der Waals surface area contributed by atoms with Crippen molar-refractivity contribution in [3.8, 4) is 34.5 Å².